The summed E-state index contributed by atoms with van der Waals surface area (Å²) in [4.78, 5) is 50.0. The lowest BCUT2D eigenvalue weighted by Gasteiger charge is -2.32. The number of carboxylic acid groups (broad SMARTS) is 1. The molecule has 0 unspecified atom stereocenters. The predicted molar refractivity (Wildman–Crippen MR) is 105 cm³/mol. The lowest BCUT2D eigenvalue weighted by Crippen LogP contribution is -2.59. The largest absolute Gasteiger partial charge is 0.480 e. The standard InChI is InChI=1S/C19H26N4O6/c1-4-10(2)15(17(26)21-16(11(3)24)18(27)28)22-19(29)23-9-14(25)20-12-7-5-6-8-13(12)23/h5-8,10-11,15-16,24H,4,9H2,1-3H3,(H,20,25)(H,21,26)(H,22,29)(H,27,28)/t10-,11-,15-,16-/m0/s1. The van der Waals surface area contributed by atoms with Crippen molar-refractivity contribution in [3.63, 3.8) is 0 Å². The van der Waals surface area contributed by atoms with Crippen molar-refractivity contribution in [2.75, 3.05) is 16.8 Å². The quantitative estimate of drug-likeness (QED) is 0.446. The highest BCUT2D eigenvalue weighted by atomic mass is 16.4. The number of hydrogen-bond acceptors (Lipinski definition) is 5. The number of amides is 4. The van der Waals surface area contributed by atoms with Gasteiger partial charge in [0.25, 0.3) is 0 Å². The van der Waals surface area contributed by atoms with Gasteiger partial charge in [0.15, 0.2) is 6.04 Å². The smallest absolute Gasteiger partial charge is 0.328 e. The number of aliphatic hydroxyl groups is 1. The van der Waals surface area contributed by atoms with Crippen LogP contribution in [0.25, 0.3) is 0 Å². The zero-order valence-corrected chi connectivity index (χ0v) is 16.5. The van der Waals surface area contributed by atoms with Gasteiger partial charge in [-0.05, 0) is 25.0 Å². The molecule has 0 spiro atoms. The summed E-state index contributed by atoms with van der Waals surface area (Å²) in [5.74, 6) is -2.81. The average Bonchev–Trinajstić information content (AvgIpc) is 2.67. The van der Waals surface area contributed by atoms with Crippen LogP contribution in [0.5, 0.6) is 0 Å². The van der Waals surface area contributed by atoms with Crippen molar-refractivity contribution < 1.29 is 29.4 Å². The first-order chi connectivity index (χ1) is 13.6. The number of carbonyl (C=O) groups excluding carboxylic acids is 3. The summed E-state index contributed by atoms with van der Waals surface area (Å²) in [6.45, 7) is 4.59. The summed E-state index contributed by atoms with van der Waals surface area (Å²) >= 11 is 0. The molecule has 158 valence electrons. The number of nitrogens with one attached hydrogen (secondary N) is 3. The van der Waals surface area contributed by atoms with E-state index in [-0.39, 0.29) is 18.4 Å². The zero-order valence-electron chi connectivity index (χ0n) is 16.5. The topological polar surface area (TPSA) is 148 Å². The van der Waals surface area contributed by atoms with Crippen molar-refractivity contribution in [2.24, 2.45) is 5.92 Å². The van der Waals surface area contributed by atoms with E-state index in [2.05, 4.69) is 16.0 Å². The number of carbonyl (C=O) groups is 4. The van der Waals surface area contributed by atoms with Crippen LogP contribution in [0.15, 0.2) is 24.3 Å². The molecule has 0 saturated carbocycles. The second-order valence-corrected chi connectivity index (χ2v) is 7.03. The first-order valence-electron chi connectivity index (χ1n) is 9.33. The van der Waals surface area contributed by atoms with Gasteiger partial charge in [-0.2, -0.15) is 0 Å². The Hall–Kier alpha value is -3.14. The van der Waals surface area contributed by atoms with Crippen LogP contribution in [0, 0.1) is 5.92 Å². The first kappa shape index (κ1) is 22.2. The van der Waals surface area contributed by atoms with Crippen molar-refractivity contribution in [3.8, 4) is 0 Å². The number of nitrogens with zero attached hydrogens (tertiary/aromatic N) is 1. The molecule has 1 aliphatic heterocycles. The van der Waals surface area contributed by atoms with Gasteiger partial charge >= 0.3 is 12.0 Å². The summed E-state index contributed by atoms with van der Waals surface area (Å²) in [5.41, 5.74) is 0.962. The highest BCUT2D eigenvalue weighted by Crippen LogP contribution is 2.29. The summed E-state index contributed by atoms with van der Waals surface area (Å²) in [5, 5.41) is 26.3. The molecular formula is C19H26N4O6. The van der Waals surface area contributed by atoms with Crippen LogP contribution in [-0.2, 0) is 14.4 Å². The lowest BCUT2D eigenvalue weighted by molar-refractivity contribution is -0.145. The van der Waals surface area contributed by atoms with Gasteiger partial charge in [-0.1, -0.05) is 32.4 Å². The molecule has 0 aromatic heterocycles. The van der Waals surface area contributed by atoms with Crippen molar-refractivity contribution in [3.05, 3.63) is 24.3 Å². The molecule has 1 heterocycles. The van der Waals surface area contributed by atoms with E-state index in [9.17, 15) is 29.4 Å². The fourth-order valence-corrected chi connectivity index (χ4v) is 2.96. The van der Waals surface area contributed by atoms with Crippen molar-refractivity contribution in [1.29, 1.82) is 0 Å². The average molecular weight is 406 g/mol. The second-order valence-electron chi connectivity index (χ2n) is 7.03. The van der Waals surface area contributed by atoms with Gasteiger partial charge in [-0.15, -0.1) is 0 Å². The van der Waals surface area contributed by atoms with E-state index in [1.807, 2.05) is 6.92 Å². The molecule has 29 heavy (non-hydrogen) atoms. The number of aliphatic hydroxyl groups excluding tert-OH is 1. The molecule has 1 aliphatic rings. The molecule has 4 amide bonds. The molecule has 0 saturated heterocycles. The van der Waals surface area contributed by atoms with Gasteiger partial charge in [-0.3, -0.25) is 14.5 Å². The van der Waals surface area contributed by atoms with Crippen LogP contribution in [0.4, 0.5) is 16.2 Å². The van der Waals surface area contributed by atoms with E-state index in [1.54, 1.807) is 31.2 Å². The molecule has 5 N–H and O–H groups in total. The van der Waals surface area contributed by atoms with Crippen LogP contribution >= 0.6 is 0 Å². The lowest BCUT2D eigenvalue weighted by atomic mass is 9.97. The van der Waals surface area contributed by atoms with E-state index in [4.69, 9.17) is 0 Å². The fourth-order valence-electron chi connectivity index (χ4n) is 2.96. The maximum absolute atomic E-state index is 12.9. The number of fused-ring (bicyclic) bond motifs is 1. The fraction of sp³-hybridized carbons (Fsp3) is 0.474. The summed E-state index contributed by atoms with van der Waals surface area (Å²) in [6, 6.07) is 3.55. The molecule has 1 aromatic rings. The normalized spacial score (nSPS) is 17.2. The van der Waals surface area contributed by atoms with Crippen LogP contribution in [0.1, 0.15) is 27.2 Å². The number of urea groups is 1. The van der Waals surface area contributed by atoms with Gasteiger partial charge < -0.3 is 26.2 Å². The summed E-state index contributed by atoms with van der Waals surface area (Å²) in [7, 11) is 0. The van der Waals surface area contributed by atoms with E-state index in [0.717, 1.165) is 0 Å². The van der Waals surface area contributed by atoms with Gasteiger partial charge in [0.05, 0.1) is 17.5 Å². The van der Waals surface area contributed by atoms with E-state index in [0.29, 0.717) is 17.8 Å². The molecule has 0 radical (unpaired) electrons. The Morgan fingerprint density at radius 2 is 1.83 bits per heavy atom. The minimum absolute atomic E-state index is 0.219. The van der Waals surface area contributed by atoms with Crippen LogP contribution in [0.2, 0.25) is 0 Å². The van der Waals surface area contributed by atoms with Gasteiger partial charge in [-0.25, -0.2) is 9.59 Å². The molecule has 0 aliphatic carbocycles. The number of carboxylic acids is 1. The number of hydrogen-bond donors (Lipinski definition) is 5. The summed E-state index contributed by atoms with van der Waals surface area (Å²) < 4.78 is 0. The minimum atomic E-state index is -1.51. The molecule has 1 aromatic carbocycles. The third-order valence-corrected chi connectivity index (χ3v) is 4.84. The Morgan fingerprint density at radius 1 is 1.17 bits per heavy atom. The number of para-hydroxylation sites is 2. The number of benzene rings is 1. The van der Waals surface area contributed by atoms with Crippen LogP contribution in [0.3, 0.4) is 0 Å². The Balaban J connectivity index is 2.22. The molecule has 10 nitrogen and oxygen atoms in total. The molecule has 10 heteroatoms. The Kier molecular flexibility index (Phi) is 7.16. The van der Waals surface area contributed by atoms with E-state index >= 15 is 0 Å². The number of rotatable bonds is 7. The van der Waals surface area contributed by atoms with Crippen molar-refractivity contribution >= 4 is 35.2 Å². The molecule has 2 rings (SSSR count). The predicted octanol–water partition coefficient (Wildman–Crippen LogP) is 0.520. The van der Waals surface area contributed by atoms with Gasteiger partial charge in [0, 0.05) is 0 Å². The minimum Gasteiger partial charge on any atom is -0.480 e. The molecule has 0 bridgehead atoms. The van der Waals surface area contributed by atoms with Gasteiger partial charge in [0.1, 0.15) is 12.6 Å². The van der Waals surface area contributed by atoms with Crippen LogP contribution < -0.4 is 20.9 Å². The van der Waals surface area contributed by atoms with E-state index < -0.39 is 36.1 Å². The second kappa shape index (κ2) is 9.37. The Bertz CT molecular complexity index is 797. The third kappa shape index (κ3) is 5.23. The highest BCUT2D eigenvalue weighted by molar-refractivity contribution is 6.10. The van der Waals surface area contributed by atoms with Crippen molar-refractivity contribution in [2.45, 2.75) is 45.4 Å². The SMILES string of the molecule is CC[C@H](C)[C@H](NC(=O)N1CC(=O)Nc2ccccc21)C(=O)N[C@H](C(=O)O)[C@H](C)O. The maximum Gasteiger partial charge on any atom is 0.328 e. The summed E-state index contributed by atoms with van der Waals surface area (Å²) in [6.07, 6.45) is -0.788. The first-order valence-corrected chi connectivity index (χ1v) is 9.33. The highest BCUT2D eigenvalue weighted by Gasteiger charge is 2.34. The van der Waals surface area contributed by atoms with Crippen LogP contribution in [-0.4, -0.2) is 58.8 Å². The third-order valence-electron chi connectivity index (χ3n) is 4.84. The Morgan fingerprint density at radius 3 is 2.41 bits per heavy atom. The number of aliphatic carboxylic acids is 1. The maximum atomic E-state index is 12.9. The molecule has 4 atom stereocenters. The number of anilines is 2. The van der Waals surface area contributed by atoms with Gasteiger partial charge in [0.2, 0.25) is 11.8 Å². The monoisotopic (exact) mass is 406 g/mol. The zero-order chi connectivity index (χ0) is 21.7. The van der Waals surface area contributed by atoms with E-state index in [1.165, 1.54) is 11.8 Å². The Labute approximate surface area is 168 Å². The van der Waals surface area contributed by atoms with Crippen molar-refractivity contribution in [1.82, 2.24) is 10.6 Å². The molecular weight excluding hydrogens is 380 g/mol. The molecule has 0 fully saturated rings.